The first-order chi connectivity index (χ1) is 9.36. The third-order valence-electron chi connectivity index (χ3n) is 2.79. The Kier molecular flexibility index (Phi) is 5.02. The van der Waals surface area contributed by atoms with Gasteiger partial charge in [0.25, 0.3) is 5.91 Å². The summed E-state index contributed by atoms with van der Waals surface area (Å²) in [6, 6.07) is 6.08. The quantitative estimate of drug-likeness (QED) is 0.647. The zero-order valence-electron chi connectivity index (χ0n) is 11.4. The Balaban J connectivity index is 2.84. The first-order valence-corrected chi connectivity index (χ1v) is 5.77. The summed E-state index contributed by atoms with van der Waals surface area (Å²) in [4.78, 5) is 33.8. The van der Waals surface area contributed by atoms with Crippen LogP contribution >= 0.6 is 0 Å². The Bertz CT molecular complexity index is 572. The van der Waals surface area contributed by atoms with Crippen molar-refractivity contribution in [1.82, 2.24) is 0 Å². The van der Waals surface area contributed by atoms with Gasteiger partial charge >= 0.3 is 11.9 Å². The van der Waals surface area contributed by atoms with Crippen LogP contribution < -0.4 is 5.32 Å². The van der Waals surface area contributed by atoms with Crippen molar-refractivity contribution in [3.63, 3.8) is 0 Å². The number of esters is 1. The highest BCUT2D eigenvalue weighted by atomic mass is 16.5. The molecule has 1 amide bonds. The average Bonchev–Trinajstić information content (AvgIpc) is 2.45. The number of ether oxygens (including phenoxy) is 1. The molecule has 1 aromatic rings. The molecule has 6 nitrogen and oxygen atoms in total. The molecule has 0 aromatic heterocycles. The molecule has 0 aliphatic rings. The fraction of sp³-hybridized carbons (Fsp3) is 0.214. The van der Waals surface area contributed by atoms with Crippen LogP contribution in [0.5, 0.6) is 0 Å². The number of aliphatic carboxylic acids is 1. The van der Waals surface area contributed by atoms with Crippen molar-refractivity contribution in [2.45, 2.75) is 13.8 Å². The summed E-state index contributed by atoms with van der Waals surface area (Å²) < 4.78 is 4.55. The van der Waals surface area contributed by atoms with Gasteiger partial charge in [-0.2, -0.15) is 0 Å². The van der Waals surface area contributed by atoms with Crippen molar-refractivity contribution in [3.05, 3.63) is 41.0 Å². The number of nitrogens with one attached hydrogen (secondary N) is 1. The van der Waals surface area contributed by atoms with E-state index in [9.17, 15) is 14.4 Å². The topological polar surface area (TPSA) is 92.7 Å². The number of carbonyl (C=O) groups is 3. The molecule has 0 saturated carbocycles. The standard InChI is InChI=1S/C14H15NO5/c1-8(9(2)13(17)18)12(16)15-11-6-4-10(5-7-11)14(19)20-3/h4-7H,1-3H3,(H,15,16)(H,17,18). The first kappa shape index (κ1) is 15.4. The van der Waals surface area contributed by atoms with Crippen LogP contribution in [0.3, 0.4) is 0 Å². The number of carbonyl (C=O) groups excluding carboxylic acids is 2. The van der Waals surface area contributed by atoms with E-state index in [2.05, 4.69) is 10.1 Å². The van der Waals surface area contributed by atoms with Gasteiger partial charge in [-0.1, -0.05) is 0 Å². The predicted molar refractivity (Wildman–Crippen MR) is 72.4 cm³/mol. The highest BCUT2D eigenvalue weighted by Gasteiger charge is 2.13. The molecule has 0 aliphatic carbocycles. The zero-order valence-corrected chi connectivity index (χ0v) is 11.4. The summed E-state index contributed by atoms with van der Waals surface area (Å²) >= 11 is 0. The van der Waals surface area contributed by atoms with Crippen molar-refractivity contribution < 1.29 is 24.2 Å². The molecule has 0 bridgehead atoms. The second-order valence-electron chi connectivity index (χ2n) is 4.08. The van der Waals surface area contributed by atoms with Crippen molar-refractivity contribution in [2.75, 3.05) is 12.4 Å². The van der Waals surface area contributed by atoms with E-state index in [0.717, 1.165) is 0 Å². The van der Waals surface area contributed by atoms with E-state index in [4.69, 9.17) is 5.11 Å². The molecule has 0 heterocycles. The molecule has 0 saturated heterocycles. The van der Waals surface area contributed by atoms with Gasteiger partial charge in [-0.05, 0) is 38.1 Å². The van der Waals surface area contributed by atoms with Crippen LogP contribution in [0.25, 0.3) is 0 Å². The molecule has 0 atom stereocenters. The van der Waals surface area contributed by atoms with Crippen LogP contribution in [0.4, 0.5) is 5.69 Å². The monoisotopic (exact) mass is 277 g/mol. The number of hydrogen-bond acceptors (Lipinski definition) is 4. The number of methoxy groups -OCH3 is 1. The molecule has 106 valence electrons. The zero-order chi connectivity index (χ0) is 15.3. The molecule has 1 aromatic carbocycles. The van der Waals surface area contributed by atoms with Crippen molar-refractivity contribution in [3.8, 4) is 0 Å². The van der Waals surface area contributed by atoms with E-state index in [1.165, 1.54) is 45.2 Å². The van der Waals surface area contributed by atoms with Gasteiger partial charge in [-0.3, -0.25) is 4.79 Å². The van der Waals surface area contributed by atoms with Crippen LogP contribution in [-0.2, 0) is 14.3 Å². The van der Waals surface area contributed by atoms with Crippen LogP contribution in [0.1, 0.15) is 24.2 Å². The number of carboxylic acid groups (broad SMARTS) is 1. The fourth-order valence-corrected chi connectivity index (χ4v) is 1.36. The molecule has 6 heteroatoms. The lowest BCUT2D eigenvalue weighted by Crippen LogP contribution is -2.16. The number of amides is 1. The second-order valence-corrected chi connectivity index (χ2v) is 4.08. The van der Waals surface area contributed by atoms with Gasteiger partial charge in [0.05, 0.1) is 12.7 Å². The normalized spacial score (nSPS) is 11.3. The molecule has 20 heavy (non-hydrogen) atoms. The van der Waals surface area contributed by atoms with E-state index in [0.29, 0.717) is 11.3 Å². The van der Waals surface area contributed by atoms with Gasteiger partial charge in [-0.15, -0.1) is 0 Å². The predicted octanol–water partition coefficient (Wildman–Crippen LogP) is 1.83. The van der Waals surface area contributed by atoms with Gasteiger partial charge in [0.1, 0.15) is 0 Å². The van der Waals surface area contributed by atoms with Crippen LogP contribution in [0.2, 0.25) is 0 Å². The summed E-state index contributed by atoms with van der Waals surface area (Å²) in [7, 11) is 1.28. The highest BCUT2D eigenvalue weighted by molar-refractivity contribution is 6.08. The number of carboxylic acids is 1. The van der Waals surface area contributed by atoms with Gasteiger partial charge in [0.15, 0.2) is 0 Å². The van der Waals surface area contributed by atoms with Gasteiger partial charge in [-0.25, -0.2) is 9.59 Å². The number of rotatable bonds is 4. The maximum Gasteiger partial charge on any atom is 0.337 e. The summed E-state index contributed by atoms with van der Waals surface area (Å²) in [5.74, 6) is -2.12. The largest absolute Gasteiger partial charge is 0.478 e. The van der Waals surface area contributed by atoms with Gasteiger partial charge in [0, 0.05) is 16.8 Å². The lowest BCUT2D eigenvalue weighted by atomic mass is 10.1. The molecule has 0 fully saturated rings. The van der Waals surface area contributed by atoms with Crippen LogP contribution in [0, 0.1) is 0 Å². The van der Waals surface area contributed by atoms with Crippen molar-refractivity contribution >= 4 is 23.5 Å². The highest BCUT2D eigenvalue weighted by Crippen LogP contribution is 2.13. The van der Waals surface area contributed by atoms with Gasteiger partial charge in [0.2, 0.25) is 0 Å². The molecule has 2 N–H and O–H groups in total. The minimum absolute atomic E-state index is 0.0197. The number of benzene rings is 1. The van der Waals surface area contributed by atoms with E-state index in [-0.39, 0.29) is 11.1 Å². The molecule has 0 aliphatic heterocycles. The minimum atomic E-state index is -1.14. The lowest BCUT2D eigenvalue weighted by molar-refractivity contribution is -0.133. The second kappa shape index (κ2) is 6.51. The Labute approximate surface area is 116 Å². The van der Waals surface area contributed by atoms with E-state index in [1.807, 2.05) is 0 Å². The Morgan fingerprint density at radius 3 is 2.05 bits per heavy atom. The average molecular weight is 277 g/mol. The lowest BCUT2D eigenvalue weighted by Gasteiger charge is -2.07. The van der Waals surface area contributed by atoms with Gasteiger partial charge < -0.3 is 15.2 Å². The maximum absolute atomic E-state index is 11.8. The van der Waals surface area contributed by atoms with Crippen molar-refractivity contribution in [1.29, 1.82) is 0 Å². The van der Waals surface area contributed by atoms with E-state index in [1.54, 1.807) is 0 Å². The summed E-state index contributed by atoms with van der Waals surface area (Å²) in [6.07, 6.45) is 0. The SMILES string of the molecule is COC(=O)c1ccc(NC(=O)C(C)=C(C)C(=O)O)cc1. The molecule has 0 unspecified atom stereocenters. The maximum atomic E-state index is 11.8. The van der Waals surface area contributed by atoms with E-state index >= 15 is 0 Å². The molecular weight excluding hydrogens is 262 g/mol. The summed E-state index contributed by atoms with van der Waals surface area (Å²) in [5, 5.41) is 11.4. The summed E-state index contributed by atoms with van der Waals surface area (Å²) in [5.41, 5.74) is 0.919. The van der Waals surface area contributed by atoms with Crippen LogP contribution in [-0.4, -0.2) is 30.1 Å². The molecular formula is C14H15NO5. The van der Waals surface area contributed by atoms with Crippen LogP contribution in [0.15, 0.2) is 35.4 Å². The van der Waals surface area contributed by atoms with E-state index < -0.39 is 17.8 Å². The molecule has 0 radical (unpaired) electrons. The Morgan fingerprint density at radius 2 is 1.60 bits per heavy atom. The smallest absolute Gasteiger partial charge is 0.337 e. The fourth-order valence-electron chi connectivity index (χ4n) is 1.36. The Hall–Kier alpha value is -2.63. The first-order valence-electron chi connectivity index (χ1n) is 5.77. The van der Waals surface area contributed by atoms with Crippen molar-refractivity contribution in [2.24, 2.45) is 0 Å². The number of anilines is 1. The minimum Gasteiger partial charge on any atom is -0.478 e. The molecule has 0 spiro atoms. The molecule has 1 rings (SSSR count). The third kappa shape index (κ3) is 3.68. The Morgan fingerprint density at radius 1 is 1.05 bits per heavy atom. The third-order valence-corrected chi connectivity index (χ3v) is 2.79. The summed E-state index contributed by atoms with van der Waals surface area (Å²) in [6.45, 7) is 2.79. The number of hydrogen-bond donors (Lipinski definition) is 2.